The van der Waals surface area contributed by atoms with Gasteiger partial charge in [-0.2, -0.15) is 0 Å². The van der Waals surface area contributed by atoms with Crippen LogP contribution < -0.4 is 10.1 Å². The van der Waals surface area contributed by atoms with E-state index in [0.29, 0.717) is 11.3 Å². The highest BCUT2D eigenvalue weighted by Crippen LogP contribution is 2.23. The van der Waals surface area contributed by atoms with Crippen LogP contribution >= 0.6 is 0 Å². The fourth-order valence-corrected chi connectivity index (χ4v) is 2.00. The molecule has 0 aliphatic heterocycles. The third-order valence-electron chi connectivity index (χ3n) is 3.23. The van der Waals surface area contributed by atoms with Crippen LogP contribution in [0.4, 0.5) is 4.39 Å². The summed E-state index contributed by atoms with van der Waals surface area (Å²) in [5.41, 5.74) is 0.486. The van der Waals surface area contributed by atoms with Crippen LogP contribution in [0.1, 0.15) is 32.4 Å². The average Bonchev–Trinajstić information content (AvgIpc) is 2.43. The molecule has 0 amide bonds. The second-order valence-corrected chi connectivity index (χ2v) is 5.02. The van der Waals surface area contributed by atoms with Crippen molar-refractivity contribution >= 4 is 5.97 Å². The Morgan fingerprint density at radius 1 is 1.25 bits per heavy atom. The van der Waals surface area contributed by atoms with Gasteiger partial charge in [0.05, 0.1) is 14.2 Å². The highest BCUT2D eigenvalue weighted by Gasteiger charge is 2.25. The lowest BCUT2D eigenvalue weighted by atomic mass is 10.0. The summed E-state index contributed by atoms with van der Waals surface area (Å²) in [7, 11) is 2.83. The van der Waals surface area contributed by atoms with Crippen LogP contribution in [-0.2, 0) is 9.53 Å². The first-order chi connectivity index (χ1) is 9.40. The first kappa shape index (κ1) is 16.4. The van der Waals surface area contributed by atoms with Crippen molar-refractivity contribution in [1.29, 1.82) is 0 Å². The Hall–Kier alpha value is -1.62. The molecule has 1 unspecified atom stereocenters. The van der Waals surface area contributed by atoms with Gasteiger partial charge in [0.25, 0.3) is 0 Å². The maximum atomic E-state index is 14.0. The molecule has 0 fully saturated rings. The van der Waals surface area contributed by atoms with Crippen LogP contribution in [0.15, 0.2) is 18.2 Å². The van der Waals surface area contributed by atoms with Gasteiger partial charge >= 0.3 is 5.97 Å². The lowest BCUT2D eigenvalue weighted by Crippen LogP contribution is -2.43. The molecule has 0 saturated heterocycles. The van der Waals surface area contributed by atoms with Gasteiger partial charge in [-0.3, -0.25) is 10.1 Å². The lowest BCUT2D eigenvalue weighted by molar-refractivity contribution is -0.144. The Kier molecular flexibility index (Phi) is 5.95. The lowest BCUT2D eigenvalue weighted by Gasteiger charge is -2.24. The normalized spacial score (nSPS) is 13.9. The van der Waals surface area contributed by atoms with Crippen molar-refractivity contribution in [2.75, 3.05) is 14.2 Å². The minimum absolute atomic E-state index is 0.0474. The number of ether oxygens (including phenoxy) is 2. The molecular weight excluding hydrogens is 261 g/mol. The first-order valence-electron chi connectivity index (χ1n) is 6.58. The Morgan fingerprint density at radius 3 is 2.35 bits per heavy atom. The zero-order valence-electron chi connectivity index (χ0n) is 12.6. The van der Waals surface area contributed by atoms with Crippen LogP contribution in [0.25, 0.3) is 0 Å². The second-order valence-electron chi connectivity index (χ2n) is 5.02. The summed E-state index contributed by atoms with van der Waals surface area (Å²) < 4.78 is 23.7. The molecule has 1 rings (SSSR count). The van der Waals surface area contributed by atoms with Gasteiger partial charge in [-0.15, -0.1) is 0 Å². The number of benzene rings is 1. The van der Waals surface area contributed by atoms with Crippen molar-refractivity contribution in [2.24, 2.45) is 5.92 Å². The van der Waals surface area contributed by atoms with Gasteiger partial charge in [-0.25, -0.2) is 4.39 Å². The second kappa shape index (κ2) is 7.24. The third kappa shape index (κ3) is 3.93. The molecule has 0 bridgehead atoms. The summed E-state index contributed by atoms with van der Waals surface area (Å²) in [4.78, 5) is 11.7. The van der Waals surface area contributed by atoms with E-state index in [-0.39, 0.29) is 23.7 Å². The van der Waals surface area contributed by atoms with Gasteiger partial charge < -0.3 is 9.47 Å². The van der Waals surface area contributed by atoms with Crippen molar-refractivity contribution in [3.63, 3.8) is 0 Å². The summed E-state index contributed by atoms with van der Waals surface area (Å²) >= 11 is 0. The van der Waals surface area contributed by atoms with E-state index in [0.717, 1.165) is 0 Å². The fourth-order valence-electron chi connectivity index (χ4n) is 2.00. The number of carbonyl (C=O) groups is 1. The number of halogens is 1. The predicted octanol–water partition coefficient (Wildman–Crippen LogP) is 2.68. The molecule has 0 saturated carbocycles. The first-order valence-corrected chi connectivity index (χ1v) is 6.58. The van der Waals surface area contributed by atoms with Gasteiger partial charge in [0.1, 0.15) is 17.6 Å². The maximum absolute atomic E-state index is 14.0. The zero-order valence-corrected chi connectivity index (χ0v) is 12.6. The number of rotatable bonds is 6. The average molecular weight is 283 g/mol. The van der Waals surface area contributed by atoms with E-state index in [1.807, 2.05) is 20.8 Å². The molecule has 0 aliphatic rings. The van der Waals surface area contributed by atoms with Gasteiger partial charge in [0, 0.05) is 17.7 Å². The molecule has 20 heavy (non-hydrogen) atoms. The molecule has 2 atom stereocenters. The standard InChI is InChI=1S/C15H22FNO3/c1-9(2)14(15(18)20-5)17-10(3)12-7-6-11(19-4)8-13(12)16/h6-10,14,17H,1-5H3/t10?,14-/m0/s1. The van der Waals surface area contributed by atoms with Crippen LogP contribution in [0, 0.1) is 11.7 Å². The topological polar surface area (TPSA) is 47.6 Å². The van der Waals surface area contributed by atoms with E-state index >= 15 is 0 Å². The SMILES string of the molecule is COC(=O)[C@@H](NC(C)c1ccc(OC)cc1F)C(C)C. The predicted molar refractivity (Wildman–Crippen MR) is 75.1 cm³/mol. The van der Waals surface area contributed by atoms with Gasteiger partial charge in [-0.05, 0) is 18.9 Å². The summed E-state index contributed by atoms with van der Waals surface area (Å²) in [5, 5.41) is 3.11. The van der Waals surface area contributed by atoms with Gasteiger partial charge in [0.2, 0.25) is 0 Å². The van der Waals surface area contributed by atoms with Gasteiger partial charge in [0.15, 0.2) is 0 Å². The smallest absolute Gasteiger partial charge is 0.323 e. The Labute approximate surface area is 119 Å². The van der Waals surface area contributed by atoms with Crippen LogP contribution in [-0.4, -0.2) is 26.2 Å². The Bertz CT molecular complexity index is 462. The highest BCUT2D eigenvalue weighted by atomic mass is 19.1. The molecule has 112 valence electrons. The monoisotopic (exact) mass is 283 g/mol. The number of hydrogen-bond donors (Lipinski definition) is 1. The summed E-state index contributed by atoms with van der Waals surface area (Å²) in [5.74, 6) is -0.199. The van der Waals surface area contributed by atoms with Crippen molar-refractivity contribution in [3.05, 3.63) is 29.6 Å². The van der Waals surface area contributed by atoms with E-state index in [4.69, 9.17) is 9.47 Å². The van der Waals surface area contributed by atoms with Crippen LogP contribution in [0.3, 0.4) is 0 Å². The van der Waals surface area contributed by atoms with Crippen molar-refractivity contribution in [1.82, 2.24) is 5.32 Å². The molecule has 1 aromatic rings. The minimum atomic E-state index is -0.475. The van der Waals surface area contributed by atoms with E-state index < -0.39 is 6.04 Å². The van der Waals surface area contributed by atoms with E-state index in [1.54, 1.807) is 12.1 Å². The number of hydrogen-bond acceptors (Lipinski definition) is 4. The third-order valence-corrected chi connectivity index (χ3v) is 3.23. The molecule has 1 aromatic carbocycles. The Morgan fingerprint density at radius 2 is 1.90 bits per heavy atom. The Balaban J connectivity index is 2.89. The summed E-state index contributed by atoms with van der Waals surface area (Å²) in [6, 6.07) is 3.89. The summed E-state index contributed by atoms with van der Waals surface area (Å²) in [6.45, 7) is 5.63. The highest BCUT2D eigenvalue weighted by molar-refractivity contribution is 5.76. The number of esters is 1. The molecule has 4 nitrogen and oxygen atoms in total. The molecule has 0 radical (unpaired) electrons. The van der Waals surface area contributed by atoms with Crippen LogP contribution in [0.2, 0.25) is 0 Å². The fraction of sp³-hybridized carbons (Fsp3) is 0.533. The molecule has 0 aromatic heterocycles. The molecule has 0 spiro atoms. The molecule has 0 heterocycles. The number of methoxy groups -OCH3 is 2. The van der Waals surface area contributed by atoms with E-state index in [1.165, 1.54) is 20.3 Å². The number of carbonyl (C=O) groups excluding carboxylic acids is 1. The van der Waals surface area contributed by atoms with Crippen molar-refractivity contribution in [2.45, 2.75) is 32.9 Å². The van der Waals surface area contributed by atoms with Crippen LogP contribution in [0.5, 0.6) is 5.75 Å². The van der Waals surface area contributed by atoms with E-state index in [2.05, 4.69) is 5.32 Å². The minimum Gasteiger partial charge on any atom is -0.497 e. The molecular formula is C15H22FNO3. The largest absolute Gasteiger partial charge is 0.497 e. The number of nitrogens with one attached hydrogen (secondary N) is 1. The van der Waals surface area contributed by atoms with E-state index in [9.17, 15) is 9.18 Å². The molecule has 5 heteroatoms. The van der Waals surface area contributed by atoms with Gasteiger partial charge in [-0.1, -0.05) is 19.9 Å². The maximum Gasteiger partial charge on any atom is 0.323 e. The molecule has 0 aliphatic carbocycles. The molecule has 1 N–H and O–H groups in total. The zero-order chi connectivity index (χ0) is 15.3. The van der Waals surface area contributed by atoms with Crippen molar-refractivity contribution < 1.29 is 18.7 Å². The summed E-state index contributed by atoms with van der Waals surface area (Å²) in [6.07, 6.45) is 0. The van der Waals surface area contributed by atoms with Crippen molar-refractivity contribution in [3.8, 4) is 5.75 Å². The quantitative estimate of drug-likeness (QED) is 0.815.